The lowest BCUT2D eigenvalue weighted by atomic mass is 9.90. The summed E-state index contributed by atoms with van der Waals surface area (Å²) in [5.41, 5.74) is 1.15. The summed E-state index contributed by atoms with van der Waals surface area (Å²) in [6.07, 6.45) is 1.85. The molecule has 13 heavy (non-hydrogen) atoms. The minimum absolute atomic E-state index is 0.445. The van der Waals surface area contributed by atoms with E-state index >= 15 is 0 Å². The Kier molecular flexibility index (Phi) is 3.14. The zero-order valence-corrected chi connectivity index (χ0v) is 8.89. The molecule has 1 saturated heterocycles. The first-order chi connectivity index (χ1) is 6.42. The van der Waals surface area contributed by atoms with Crippen molar-refractivity contribution in [1.82, 2.24) is 10.3 Å². The maximum atomic E-state index is 4.34. The minimum Gasteiger partial charge on any atom is -0.308 e. The SMILES string of the molecule is SSCC1CNC1c1ccccn1. The van der Waals surface area contributed by atoms with Crippen LogP contribution < -0.4 is 5.32 Å². The zero-order chi connectivity index (χ0) is 9.10. The van der Waals surface area contributed by atoms with E-state index in [4.69, 9.17) is 0 Å². The molecule has 1 aromatic rings. The van der Waals surface area contributed by atoms with Crippen LogP contribution in [0.2, 0.25) is 0 Å². The lowest BCUT2D eigenvalue weighted by molar-refractivity contribution is 0.258. The zero-order valence-electron chi connectivity index (χ0n) is 7.18. The normalized spacial score (nSPS) is 26.8. The second-order valence-electron chi connectivity index (χ2n) is 3.20. The molecule has 0 aromatic carbocycles. The number of aromatic nitrogens is 1. The highest BCUT2D eigenvalue weighted by molar-refractivity contribution is 8.68. The van der Waals surface area contributed by atoms with Gasteiger partial charge in [0.25, 0.3) is 0 Å². The number of hydrogen-bond acceptors (Lipinski definition) is 4. The summed E-state index contributed by atoms with van der Waals surface area (Å²) in [6, 6.07) is 6.51. The number of nitrogens with one attached hydrogen (secondary N) is 1. The van der Waals surface area contributed by atoms with Gasteiger partial charge >= 0.3 is 0 Å². The minimum atomic E-state index is 0.445. The molecular weight excluding hydrogens is 200 g/mol. The first-order valence-corrected chi connectivity index (χ1v) is 6.36. The maximum absolute atomic E-state index is 4.34. The van der Waals surface area contributed by atoms with Crippen LogP contribution in [-0.4, -0.2) is 17.3 Å². The maximum Gasteiger partial charge on any atom is 0.0576 e. The Morgan fingerprint density at radius 1 is 1.62 bits per heavy atom. The van der Waals surface area contributed by atoms with Gasteiger partial charge in [-0.15, -0.1) is 11.7 Å². The van der Waals surface area contributed by atoms with Gasteiger partial charge in [-0.25, -0.2) is 0 Å². The molecule has 0 saturated carbocycles. The van der Waals surface area contributed by atoms with Crippen molar-refractivity contribution in [3.63, 3.8) is 0 Å². The second kappa shape index (κ2) is 4.35. The lowest BCUT2D eigenvalue weighted by Gasteiger charge is -2.37. The van der Waals surface area contributed by atoms with E-state index in [1.54, 1.807) is 10.8 Å². The van der Waals surface area contributed by atoms with Gasteiger partial charge < -0.3 is 5.32 Å². The molecule has 2 rings (SSSR count). The van der Waals surface area contributed by atoms with Gasteiger partial charge in [0.1, 0.15) is 0 Å². The van der Waals surface area contributed by atoms with E-state index in [0.29, 0.717) is 12.0 Å². The van der Waals surface area contributed by atoms with Crippen LogP contribution in [0.1, 0.15) is 11.7 Å². The van der Waals surface area contributed by atoms with Crippen LogP contribution in [0.3, 0.4) is 0 Å². The third-order valence-electron chi connectivity index (χ3n) is 2.37. The van der Waals surface area contributed by atoms with E-state index in [0.717, 1.165) is 18.0 Å². The van der Waals surface area contributed by atoms with Crippen LogP contribution in [0.25, 0.3) is 0 Å². The Balaban J connectivity index is 2.02. The van der Waals surface area contributed by atoms with Crippen molar-refractivity contribution in [3.8, 4) is 0 Å². The van der Waals surface area contributed by atoms with Crippen molar-refractivity contribution in [2.75, 3.05) is 12.3 Å². The third-order valence-corrected chi connectivity index (χ3v) is 3.39. The van der Waals surface area contributed by atoms with Crippen LogP contribution in [-0.2, 0) is 0 Å². The molecule has 0 amide bonds. The first-order valence-electron chi connectivity index (χ1n) is 4.32. The van der Waals surface area contributed by atoms with Crippen molar-refractivity contribution in [2.24, 2.45) is 5.92 Å². The van der Waals surface area contributed by atoms with Crippen LogP contribution in [0.4, 0.5) is 0 Å². The highest BCUT2D eigenvalue weighted by Crippen LogP contribution is 2.31. The van der Waals surface area contributed by atoms with Crippen LogP contribution in [0.15, 0.2) is 24.4 Å². The topological polar surface area (TPSA) is 24.9 Å². The summed E-state index contributed by atoms with van der Waals surface area (Å²) < 4.78 is 0. The van der Waals surface area contributed by atoms with Crippen molar-refractivity contribution in [1.29, 1.82) is 0 Å². The van der Waals surface area contributed by atoms with E-state index < -0.39 is 0 Å². The number of rotatable bonds is 3. The van der Waals surface area contributed by atoms with Crippen LogP contribution in [0, 0.1) is 5.92 Å². The summed E-state index contributed by atoms with van der Waals surface area (Å²) >= 11 is 4.17. The highest BCUT2D eigenvalue weighted by atomic mass is 33.1. The average molecular weight is 212 g/mol. The van der Waals surface area contributed by atoms with Gasteiger partial charge in [-0.3, -0.25) is 4.98 Å². The van der Waals surface area contributed by atoms with E-state index in [1.165, 1.54) is 0 Å². The molecule has 2 unspecified atom stereocenters. The number of pyridine rings is 1. The summed E-state index contributed by atoms with van der Waals surface area (Å²) in [6.45, 7) is 1.09. The monoisotopic (exact) mass is 212 g/mol. The van der Waals surface area contributed by atoms with Crippen molar-refractivity contribution in [2.45, 2.75) is 6.04 Å². The summed E-state index contributed by atoms with van der Waals surface area (Å²) in [7, 11) is 1.61. The Labute approximate surface area is 87.3 Å². The molecule has 4 heteroatoms. The molecule has 2 atom stereocenters. The standard InChI is InChI=1S/C9H12N2S2/c12-13-6-7-5-11-9(7)8-3-1-2-4-10-8/h1-4,7,9,11-12H,5-6H2. The fraction of sp³-hybridized carbons (Fsp3) is 0.444. The molecule has 70 valence electrons. The molecule has 1 fully saturated rings. The van der Waals surface area contributed by atoms with Gasteiger partial charge in [0, 0.05) is 24.4 Å². The quantitative estimate of drug-likeness (QED) is 0.591. The average Bonchev–Trinajstić information content (AvgIpc) is 2.14. The predicted octanol–water partition coefficient (Wildman–Crippen LogP) is 1.92. The van der Waals surface area contributed by atoms with Gasteiger partial charge in [-0.1, -0.05) is 16.9 Å². The van der Waals surface area contributed by atoms with E-state index in [9.17, 15) is 0 Å². The van der Waals surface area contributed by atoms with Crippen molar-refractivity contribution < 1.29 is 0 Å². The van der Waals surface area contributed by atoms with Gasteiger partial charge in [0.15, 0.2) is 0 Å². The Bertz CT molecular complexity index is 266. The fourth-order valence-electron chi connectivity index (χ4n) is 1.56. The molecule has 1 aliphatic rings. The molecule has 1 aromatic heterocycles. The smallest absolute Gasteiger partial charge is 0.0576 e. The molecular formula is C9H12N2S2. The summed E-state index contributed by atoms with van der Waals surface area (Å²) in [4.78, 5) is 4.34. The molecule has 0 radical (unpaired) electrons. The molecule has 0 bridgehead atoms. The van der Waals surface area contributed by atoms with Gasteiger partial charge in [-0.2, -0.15) is 0 Å². The van der Waals surface area contributed by atoms with Gasteiger partial charge in [-0.05, 0) is 12.1 Å². The van der Waals surface area contributed by atoms with Gasteiger partial charge in [0.2, 0.25) is 0 Å². The second-order valence-corrected chi connectivity index (χ2v) is 4.56. The molecule has 2 heterocycles. The fourth-order valence-corrected chi connectivity index (χ4v) is 2.64. The Morgan fingerprint density at radius 3 is 3.08 bits per heavy atom. The number of hydrogen-bond donors (Lipinski definition) is 2. The molecule has 0 aliphatic carbocycles. The lowest BCUT2D eigenvalue weighted by Crippen LogP contribution is -2.47. The molecule has 1 N–H and O–H groups in total. The van der Waals surface area contributed by atoms with E-state index in [2.05, 4.69) is 28.0 Å². The van der Waals surface area contributed by atoms with Crippen molar-refractivity contribution in [3.05, 3.63) is 30.1 Å². The Hall–Kier alpha value is -0.190. The van der Waals surface area contributed by atoms with Crippen molar-refractivity contribution >= 4 is 22.5 Å². The first kappa shape index (κ1) is 9.37. The van der Waals surface area contributed by atoms with Crippen LogP contribution in [0.5, 0.6) is 0 Å². The predicted molar refractivity (Wildman–Crippen MR) is 59.9 cm³/mol. The third kappa shape index (κ3) is 2.00. The van der Waals surface area contributed by atoms with Gasteiger partial charge in [0.05, 0.1) is 11.7 Å². The van der Waals surface area contributed by atoms with E-state index in [-0.39, 0.29) is 0 Å². The number of nitrogens with zero attached hydrogens (tertiary/aromatic N) is 1. The van der Waals surface area contributed by atoms with E-state index in [1.807, 2.05) is 18.3 Å². The summed E-state index contributed by atoms with van der Waals surface area (Å²) in [5, 5.41) is 3.39. The largest absolute Gasteiger partial charge is 0.308 e. The van der Waals surface area contributed by atoms with Crippen LogP contribution >= 0.6 is 22.5 Å². The molecule has 0 spiro atoms. The summed E-state index contributed by atoms with van der Waals surface area (Å²) in [5.74, 6) is 1.79. The highest BCUT2D eigenvalue weighted by Gasteiger charge is 2.31. The molecule has 1 aliphatic heterocycles. The number of thiol groups is 1. The Morgan fingerprint density at radius 2 is 2.54 bits per heavy atom. The molecule has 2 nitrogen and oxygen atoms in total.